The summed E-state index contributed by atoms with van der Waals surface area (Å²) < 4.78 is 14.3. The monoisotopic (exact) mass is 328 g/mol. The molecule has 0 fully saturated rings. The summed E-state index contributed by atoms with van der Waals surface area (Å²) in [6.07, 6.45) is 3.16. The predicted octanol–water partition coefficient (Wildman–Crippen LogP) is 1.51. The summed E-state index contributed by atoms with van der Waals surface area (Å²) >= 11 is 0. The summed E-state index contributed by atoms with van der Waals surface area (Å²) in [6.45, 7) is 1.86. The Morgan fingerprint density at radius 2 is 1.96 bits per heavy atom. The van der Waals surface area contributed by atoms with Gasteiger partial charge in [0.05, 0.1) is 11.9 Å². The first-order valence-corrected chi connectivity index (χ1v) is 7.00. The molecule has 5 N–H and O–H groups in total. The van der Waals surface area contributed by atoms with Gasteiger partial charge in [0.2, 0.25) is 5.88 Å². The van der Waals surface area contributed by atoms with E-state index in [1.165, 1.54) is 16.1 Å². The van der Waals surface area contributed by atoms with Gasteiger partial charge in [-0.2, -0.15) is 0 Å². The second kappa shape index (κ2) is 5.52. The SMILES string of the molecule is Cc1ccc(N2[N]N3C(=C2O)C=C(N)c2cccc(F)c23)cn1.O. The number of anilines is 2. The van der Waals surface area contributed by atoms with Crippen LogP contribution in [-0.4, -0.2) is 15.6 Å². The Balaban J connectivity index is 0.00000169. The molecule has 0 saturated heterocycles. The number of hydrogen-bond acceptors (Lipinski definition) is 5. The van der Waals surface area contributed by atoms with Crippen LogP contribution in [0.3, 0.4) is 0 Å². The lowest BCUT2D eigenvalue weighted by Crippen LogP contribution is -2.36. The molecule has 0 saturated carbocycles. The number of allylic oxidation sites excluding steroid dienone is 1. The molecule has 0 unspecified atom stereocenters. The number of hydrogen-bond donors (Lipinski definition) is 2. The van der Waals surface area contributed by atoms with Gasteiger partial charge in [0.15, 0.2) is 0 Å². The summed E-state index contributed by atoms with van der Waals surface area (Å²) in [7, 11) is 0. The largest absolute Gasteiger partial charge is 0.492 e. The number of nitrogens with two attached hydrogens (primary N) is 1. The highest BCUT2D eigenvalue weighted by Gasteiger charge is 2.37. The normalized spacial score (nSPS) is 15.7. The van der Waals surface area contributed by atoms with Crippen molar-refractivity contribution < 1.29 is 15.0 Å². The topological polar surface area (TPSA) is 111 Å². The second-order valence-corrected chi connectivity index (χ2v) is 5.32. The lowest BCUT2D eigenvalue weighted by Gasteiger charge is -2.26. The Hall–Kier alpha value is -3.10. The molecule has 0 amide bonds. The van der Waals surface area contributed by atoms with E-state index in [-0.39, 0.29) is 17.0 Å². The summed E-state index contributed by atoms with van der Waals surface area (Å²) in [5.41, 5.74) is 13.1. The van der Waals surface area contributed by atoms with Crippen molar-refractivity contribution >= 4 is 17.1 Å². The van der Waals surface area contributed by atoms with Gasteiger partial charge in [0.25, 0.3) is 0 Å². The molecule has 0 aliphatic carbocycles. The number of fused-ring (bicyclic) bond motifs is 3. The molecule has 0 spiro atoms. The lowest BCUT2D eigenvalue weighted by atomic mass is 10.0. The maximum Gasteiger partial charge on any atom is 0.235 e. The van der Waals surface area contributed by atoms with E-state index in [2.05, 4.69) is 10.5 Å². The van der Waals surface area contributed by atoms with Gasteiger partial charge < -0.3 is 16.3 Å². The highest BCUT2D eigenvalue weighted by atomic mass is 19.1. The summed E-state index contributed by atoms with van der Waals surface area (Å²) in [5.74, 6) is -0.594. The molecule has 1 aromatic carbocycles. The van der Waals surface area contributed by atoms with E-state index >= 15 is 0 Å². The van der Waals surface area contributed by atoms with Gasteiger partial charge in [-0.1, -0.05) is 12.1 Å². The second-order valence-electron chi connectivity index (χ2n) is 5.32. The van der Waals surface area contributed by atoms with Crippen molar-refractivity contribution in [1.29, 1.82) is 0 Å². The lowest BCUT2D eigenvalue weighted by molar-refractivity contribution is 0.387. The van der Waals surface area contributed by atoms with Crippen LogP contribution in [0.25, 0.3) is 5.70 Å². The molecular weight excluding hydrogens is 313 g/mol. The first-order chi connectivity index (χ1) is 11.1. The maximum absolute atomic E-state index is 14.3. The third-order valence-electron chi connectivity index (χ3n) is 3.78. The van der Waals surface area contributed by atoms with Crippen molar-refractivity contribution in [3.63, 3.8) is 0 Å². The third kappa shape index (κ3) is 2.16. The van der Waals surface area contributed by atoms with Crippen LogP contribution >= 0.6 is 0 Å². The minimum atomic E-state index is -0.462. The molecule has 2 aliphatic heterocycles. The smallest absolute Gasteiger partial charge is 0.235 e. The highest BCUT2D eigenvalue weighted by Crippen LogP contribution is 2.39. The molecule has 1 radical (unpaired) electrons. The summed E-state index contributed by atoms with van der Waals surface area (Å²) in [5, 5.41) is 13.1. The number of pyridine rings is 1. The number of rotatable bonds is 1. The minimum Gasteiger partial charge on any atom is -0.492 e. The van der Waals surface area contributed by atoms with Crippen LogP contribution in [0.4, 0.5) is 15.8 Å². The molecule has 3 heterocycles. The average Bonchev–Trinajstić information content (AvgIpc) is 2.86. The van der Waals surface area contributed by atoms with E-state index in [0.717, 1.165) is 5.69 Å². The first-order valence-electron chi connectivity index (χ1n) is 7.00. The van der Waals surface area contributed by atoms with Crippen LogP contribution in [-0.2, 0) is 0 Å². The fourth-order valence-corrected chi connectivity index (χ4v) is 2.62. The van der Waals surface area contributed by atoms with Crippen molar-refractivity contribution in [1.82, 2.24) is 10.5 Å². The van der Waals surface area contributed by atoms with Crippen molar-refractivity contribution in [2.75, 3.05) is 10.0 Å². The maximum atomic E-state index is 14.3. The zero-order valence-electron chi connectivity index (χ0n) is 12.7. The van der Waals surface area contributed by atoms with E-state index in [0.29, 0.717) is 22.6 Å². The van der Waals surface area contributed by atoms with Gasteiger partial charge in [-0.3, -0.25) is 4.98 Å². The number of aromatic nitrogens is 1. The van der Waals surface area contributed by atoms with Gasteiger partial charge in [0, 0.05) is 17.0 Å². The fourth-order valence-electron chi connectivity index (χ4n) is 2.62. The predicted molar refractivity (Wildman–Crippen MR) is 87.9 cm³/mol. The Morgan fingerprint density at radius 3 is 2.67 bits per heavy atom. The molecular formula is C16H15FN5O2. The molecule has 0 bridgehead atoms. The molecule has 0 atom stereocenters. The molecule has 24 heavy (non-hydrogen) atoms. The first kappa shape index (κ1) is 15.8. The molecule has 8 heteroatoms. The average molecular weight is 328 g/mol. The van der Waals surface area contributed by atoms with Gasteiger partial charge in [0.1, 0.15) is 17.2 Å². The van der Waals surface area contributed by atoms with Gasteiger partial charge in [-0.15, -0.1) is 0 Å². The van der Waals surface area contributed by atoms with E-state index < -0.39 is 5.82 Å². The van der Waals surface area contributed by atoms with E-state index in [1.54, 1.807) is 36.5 Å². The highest BCUT2D eigenvalue weighted by molar-refractivity contribution is 5.84. The van der Waals surface area contributed by atoms with E-state index in [1.807, 2.05) is 6.92 Å². The van der Waals surface area contributed by atoms with Crippen LogP contribution in [0.5, 0.6) is 0 Å². The number of aliphatic hydroxyl groups is 1. The molecule has 123 valence electrons. The molecule has 2 aromatic rings. The molecule has 2 aliphatic rings. The van der Waals surface area contributed by atoms with Crippen molar-refractivity contribution in [3.8, 4) is 0 Å². The van der Waals surface area contributed by atoms with Gasteiger partial charge in [-0.05, 0) is 36.7 Å². The van der Waals surface area contributed by atoms with Crippen molar-refractivity contribution in [2.45, 2.75) is 6.92 Å². The number of aryl methyl sites for hydroxylation is 1. The van der Waals surface area contributed by atoms with Gasteiger partial charge >= 0.3 is 0 Å². The number of aliphatic hydroxyl groups excluding tert-OH is 1. The Labute approximate surface area is 137 Å². The van der Waals surface area contributed by atoms with Crippen molar-refractivity contribution in [3.05, 3.63) is 71.3 Å². The van der Waals surface area contributed by atoms with Crippen LogP contribution in [0.15, 0.2) is 54.2 Å². The van der Waals surface area contributed by atoms with Gasteiger partial charge in [-0.25, -0.2) is 14.4 Å². The number of para-hydroxylation sites is 1. The van der Waals surface area contributed by atoms with Crippen LogP contribution in [0, 0.1) is 12.7 Å². The summed E-state index contributed by atoms with van der Waals surface area (Å²) in [6, 6.07) is 8.21. The zero-order valence-corrected chi connectivity index (χ0v) is 12.7. The number of halogens is 1. The van der Waals surface area contributed by atoms with E-state index in [4.69, 9.17) is 5.73 Å². The summed E-state index contributed by atoms with van der Waals surface area (Å²) in [4.78, 5) is 4.18. The Bertz CT molecular complexity index is 863. The zero-order chi connectivity index (χ0) is 16.1. The van der Waals surface area contributed by atoms with Crippen molar-refractivity contribution in [2.24, 2.45) is 5.73 Å². The van der Waals surface area contributed by atoms with Crippen LogP contribution < -0.4 is 21.3 Å². The molecule has 1 aromatic heterocycles. The van der Waals surface area contributed by atoms with Crippen LogP contribution in [0.1, 0.15) is 11.3 Å². The Morgan fingerprint density at radius 1 is 1.17 bits per heavy atom. The third-order valence-corrected chi connectivity index (χ3v) is 3.78. The Kier molecular flexibility index (Phi) is 3.63. The van der Waals surface area contributed by atoms with Crippen LogP contribution in [0.2, 0.25) is 0 Å². The van der Waals surface area contributed by atoms with E-state index in [9.17, 15) is 9.50 Å². The fraction of sp³-hybridized carbons (Fsp3) is 0.0625. The standard InChI is InChI=1S/C16H13FN5O.H2O/c1-9-5-6-10(8-19-9)21-16(23)14-7-13(18)11-3-2-4-12(17)15(11)22(14)20-21;/h2-8,23H,18H2,1H3;1H2. The molecule has 4 rings (SSSR count). The number of nitrogens with zero attached hydrogens (tertiary/aromatic N) is 4. The minimum absolute atomic E-state index is 0. The quantitative estimate of drug-likeness (QED) is 0.824. The molecule has 7 nitrogen and oxygen atoms in total. The number of benzene rings is 1.